The number of carbonyl (C=O) groups is 1. The van der Waals surface area contributed by atoms with Crippen LogP contribution in [0.2, 0.25) is 5.02 Å². The average molecular weight is 335 g/mol. The van der Waals surface area contributed by atoms with Crippen LogP contribution in [0.15, 0.2) is 24.3 Å². The molecule has 1 aromatic carbocycles. The Bertz CT molecular complexity index is 677. The number of hydrogen-bond donors (Lipinski definition) is 1. The van der Waals surface area contributed by atoms with Crippen molar-refractivity contribution >= 4 is 17.5 Å². The summed E-state index contributed by atoms with van der Waals surface area (Å²) in [6, 6.07) is 7.37. The molecule has 0 unspecified atom stereocenters. The van der Waals surface area contributed by atoms with E-state index in [1.54, 1.807) is 16.8 Å². The second-order valence-corrected chi connectivity index (χ2v) is 6.23. The van der Waals surface area contributed by atoms with Crippen molar-refractivity contribution in [1.82, 2.24) is 20.0 Å². The fraction of sp³-hybridized carbons (Fsp3) is 0.412. The minimum Gasteiger partial charge on any atom is -0.352 e. The lowest BCUT2D eigenvalue weighted by molar-refractivity contribution is 0.0952. The van der Waals surface area contributed by atoms with Crippen molar-refractivity contribution in [3.8, 4) is 5.69 Å². The standard InChI is InChI=1S/C17H23ClN4O/c1-12-16(18)13(2)22(20-12)15-8-6-14(7-9-15)17(23)19-10-5-11-21(3)4/h6-9H,5,10-11H2,1-4H3,(H,19,23). The van der Waals surface area contributed by atoms with Gasteiger partial charge in [0.25, 0.3) is 5.91 Å². The summed E-state index contributed by atoms with van der Waals surface area (Å²) in [6.07, 6.45) is 0.932. The summed E-state index contributed by atoms with van der Waals surface area (Å²) in [5, 5.41) is 8.01. The maximum Gasteiger partial charge on any atom is 0.251 e. The summed E-state index contributed by atoms with van der Waals surface area (Å²) in [6.45, 7) is 5.43. The van der Waals surface area contributed by atoms with Gasteiger partial charge < -0.3 is 10.2 Å². The summed E-state index contributed by atoms with van der Waals surface area (Å²) in [5.74, 6) is -0.0540. The van der Waals surface area contributed by atoms with Gasteiger partial charge in [-0.05, 0) is 65.2 Å². The number of amides is 1. The van der Waals surface area contributed by atoms with Crippen LogP contribution < -0.4 is 5.32 Å². The second-order valence-electron chi connectivity index (χ2n) is 5.86. The van der Waals surface area contributed by atoms with Crippen molar-refractivity contribution in [1.29, 1.82) is 0 Å². The third kappa shape index (κ3) is 4.33. The van der Waals surface area contributed by atoms with Crippen LogP contribution in [0.1, 0.15) is 28.2 Å². The smallest absolute Gasteiger partial charge is 0.251 e. The Morgan fingerprint density at radius 1 is 1.26 bits per heavy atom. The summed E-state index contributed by atoms with van der Waals surface area (Å²) in [4.78, 5) is 14.2. The van der Waals surface area contributed by atoms with Crippen LogP contribution in [0.4, 0.5) is 0 Å². The second kappa shape index (κ2) is 7.62. The number of halogens is 1. The highest BCUT2D eigenvalue weighted by atomic mass is 35.5. The van der Waals surface area contributed by atoms with E-state index in [1.807, 2.05) is 40.1 Å². The molecule has 0 aliphatic heterocycles. The highest BCUT2D eigenvalue weighted by Gasteiger charge is 2.11. The predicted molar refractivity (Wildman–Crippen MR) is 93.6 cm³/mol. The van der Waals surface area contributed by atoms with Crippen LogP contribution in [-0.2, 0) is 0 Å². The van der Waals surface area contributed by atoms with Crippen LogP contribution in [0.5, 0.6) is 0 Å². The quantitative estimate of drug-likeness (QED) is 0.826. The first-order valence-corrected chi connectivity index (χ1v) is 8.03. The molecule has 0 bridgehead atoms. The average Bonchev–Trinajstić information content (AvgIpc) is 2.79. The Morgan fingerprint density at radius 2 is 1.91 bits per heavy atom. The molecule has 2 rings (SSSR count). The number of carbonyl (C=O) groups excluding carboxylic acids is 1. The topological polar surface area (TPSA) is 50.2 Å². The fourth-order valence-corrected chi connectivity index (χ4v) is 2.45. The van der Waals surface area contributed by atoms with Gasteiger partial charge in [-0.2, -0.15) is 5.10 Å². The molecule has 2 aromatic rings. The molecule has 0 saturated heterocycles. The van der Waals surface area contributed by atoms with Crippen molar-refractivity contribution in [3.63, 3.8) is 0 Å². The van der Waals surface area contributed by atoms with Crippen LogP contribution in [0.25, 0.3) is 5.69 Å². The van der Waals surface area contributed by atoms with Gasteiger partial charge in [0.1, 0.15) is 0 Å². The number of nitrogens with one attached hydrogen (secondary N) is 1. The lowest BCUT2D eigenvalue weighted by atomic mass is 10.2. The Labute approximate surface area is 142 Å². The van der Waals surface area contributed by atoms with E-state index in [-0.39, 0.29) is 5.91 Å². The van der Waals surface area contributed by atoms with Crippen molar-refractivity contribution in [2.75, 3.05) is 27.2 Å². The van der Waals surface area contributed by atoms with Gasteiger partial charge in [-0.25, -0.2) is 4.68 Å². The molecular weight excluding hydrogens is 312 g/mol. The molecule has 1 heterocycles. The van der Waals surface area contributed by atoms with Gasteiger partial charge in [-0.1, -0.05) is 11.6 Å². The minimum absolute atomic E-state index is 0.0540. The van der Waals surface area contributed by atoms with Gasteiger partial charge in [0.15, 0.2) is 0 Å². The molecule has 0 fully saturated rings. The third-order valence-electron chi connectivity index (χ3n) is 3.64. The number of aromatic nitrogens is 2. The van der Waals surface area contributed by atoms with Gasteiger partial charge in [0, 0.05) is 12.1 Å². The number of benzene rings is 1. The summed E-state index contributed by atoms with van der Waals surface area (Å²) >= 11 is 6.17. The normalized spacial score (nSPS) is 11.0. The Kier molecular flexibility index (Phi) is 5.80. The molecule has 0 aliphatic carbocycles. The maximum absolute atomic E-state index is 12.1. The van der Waals surface area contributed by atoms with Crippen LogP contribution in [0, 0.1) is 13.8 Å². The molecule has 0 atom stereocenters. The van der Waals surface area contributed by atoms with E-state index in [2.05, 4.69) is 15.3 Å². The molecule has 0 radical (unpaired) electrons. The zero-order valence-electron chi connectivity index (χ0n) is 14.1. The van der Waals surface area contributed by atoms with Crippen molar-refractivity contribution in [2.45, 2.75) is 20.3 Å². The lowest BCUT2D eigenvalue weighted by Gasteiger charge is -2.10. The molecule has 23 heavy (non-hydrogen) atoms. The molecule has 0 spiro atoms. The monoisotopic (exact) mass is 334 g/mol. The summed E-state index contributed by atoms with van der Waals surface area (Å²) in [7, 11) is 4.04. The zero-order valence-corrected chi connectivity index (χ0v) is 14.8. The fourth-order valence-electron chi connectivity index (χ4n) is 2.33. The zero-order chi connectivity index (χ0) is 17.0. The molecule has 0 saturated carbocycles. The molecular formula is C17H23ClN4O. The highest BCUT2D eigenvalue weighted by Crippen LogP contribution is 2.22. The van der Waals surface area contributed by atoms with Crippen molar-refractivity contribution < 1.29 is 4.79 Å². The van der Waals surface area contributed by atoms with E-state index in [0.29, 0.717) is 17.1 Å². The maximum atomic E-state index is 12.1. The Morgan fingerprint density at radius 3 is 2.43 bits per heavy atom. The SMILES string of the molecule is Cc1nn(-c2ccc(C(=O)NCCCN(C)C)cc2)c(C)c1Cl. The first-order chi connectivity index (χ1) is 10.9. The van der Waals surface area contributed by atoms with Gasteiger partial charge >= 0.3 is 0 Å². The number of aryl methyl sites for hydroxylation is 1. The van der Waals surface area contributed by atoms with E-state index >= 15 is 0 Å². The van der Waals surface area contributed by atoms with Gasteiger partial charge in [-0.15, -0.1) is 0 Å². The number of hydrogen-bond acceptors (Lipinski definition) is 3. The Hall–Kier alpha value is -1.85. The number of rotatable bonds is 6. The van der Waals surface area contributed by atoms with Crippen molar-refractivity contribution in [2.24, 2.45) is 0 Å². The van der Waals surface area contributed by atoms with Crippen LogP contribution in [0.3, 0.4) is 0 Å². The number of nitrogens with zero attached hydrogens (tertiary/aromatic N) is 3. The van der Waals surface area contributed by atoms with E-state index in [4.69, 9.17) is 11.6 Å². The predicted octanol–water partition coefficient (Wildman–Crippen LogP) is 2.82. The van der Waals surface area contributed by atoms with Gasteiger partial charge in [0.2, 0.25) is 0 Å². The molecule has 5 nitrogen and oxygen atoms in total. The third-order valence-corrected chi connectivity index (χ3v) is 4.19. The first-order valence-electron chi connectivity index (χ1n) is 7.65. The van der Waals surface area contributed by atoms with Crippen molar-refractivity contribution in [3.05, 3.63) is 46.2 Å². The van der Waals surface area contributed by atoms with E-state index < -0.39 is 0 Å². The van der Waals surface area contributed by atoms with E-state index in [0.717, 1.165) is 30.0 Å². The van der Waals surface area contributed by atoms with Gasteiger partial charge in [0.05, 0.1) is 22.1 Å². The summed E-state index contributed by atoms with van der Waals surface area (Å²) in [5.41, 5.74) is 3.23. The van der Waals surface area contributed by atoms with E-state index in [1.165, 1.54) is 0 Å². The van der Waals surface area contributed by atoms with E-state index in [9.17, 15) is 4.79 Å². The van der Waals surface area contributed by atoms with Crippen LogP contribution in [-0.4, -0.2) is 47.8 Å². The van der Waals surface area contributed by atoms with Gasteiger partial charge in [-0.3, -0.25) is 4.79 Å². The first kappa shape index (κ1) is 17.5. The molecule has 6 heteroatoms. The molecule has 1 aromatic heterocycles. The molecule has 124 valence electrons. The highest BCUT2D eigenvalue weighted by molar-refractivity contribution is 6.31. The Balaban J connectivity index is 2.01. The molecule has 1 N–H and O–H groups in total. The minimum atomic E-state index is -0.0540. The largest absolute Gasteiger partial charge is 0.352 e. The molecule has 1 amide bonds. The van der Waals surface area contributed by atoms with Crippen LogP contribution >= 0.6 is 11.6 Å². The molecule has 0 aliphatic rings. The lowest BCUT2D eigenvalue weighted by Crippen LogP contribution is -2.27. The summed E-state index contributed by atoms with van der Waals surface area (Å²) < 4.78 is 1.79.